The van der Waals surface area contributed by atoms with Gasteiger partial charge in [0, 0.05) is 13.0 Å². The van der Waals surface area contributed by atoms with Gasteiger partial charge in [-0.3, -0.25) is 4.90 Å². The Labute approximate surface area is 151 Å². The van der Waals surface area contributed by atoms with Crippen LogP contribution in [0.2, 0.25) is 0 Å². The molecule has 0 unspecified atom stereocenters. The van der Waals surface area contributed by atoms with Crippen LogP contribution in [0.5, 0.6) is 0 Å². The van der Waals surface area contributed by atoms with E-state index in [4.69, 9.17) is 14.2 Å². The number of hydrogen-bond donors (Lipinski definition) is 0. The Morgan fingerprint density at radius 1 is 1.08 bits per heavy atom. The van der Waals surface area contributed by atoms with Crippen molar-refractivity contribution in [3.05, 3.63) is 59.7 Å². The highest BCUT2D eigenvalue weighted by molar-refractivity contribution is 5.84. The topological polar surface area (TPSA) is 65.1 Å². The first-order chi connectivity index (χ1) is 12.7. The van der Waals surface area contributed by atoms with Gasteiger partial charge < -0.3 is 14.2 Å². The van der Waals surface area contributed by atoms with Crippen molar-refractivity contribution in [2.24, 2.45) is 0 Å². The summed E-state index contributed by atoms with van der Waals surface area (Å²) < 4.78 is 15.5. The first-order valence-corrected chi connectivity index (χ1v) is 8.48. The lowest BCUT2D eigenvalue weighted by Crippen LogP contribution is -2.41. The average molecular weight is 353 g/mol. The Bertz CT molecular complexity index is 804. The zero-order chi connectivity index (χ0) is 18.1. The molecule has 2 aliphatic rings. The molecule has 1 aliphatic carbocycles. The Kier molecular flexibility index (Phi) is 4.34. The number of benzene rings is 2. The molecule has 26 heavy (non-hydrogen) atoms. The van der Waals surface area contributed by atoms with Crippen molar-refractivity contribution >= 4 is 12.1 Å². The van der Waals surface area contributed by atoms with Crippen molar-refractivity contribution in [3.63, 3.8) is 0 Å². The molecule has 134 valence electrons. The van der Waals surface area contributed by atoms with Gasteiger partial charge in [0.25, 0.3) is 0 Å². The van der Waals surface area contributed by atoms with Crippen LogP contribution in [-0.2, 0) is 19.0 Å². The fourth-order valence-corrected chi connectivity index (χ4v) is 3.62. The van der Waals surface area contributed by atoms with E-state index >= 15 is 0 Å². The minimum Gasteiger partial charge on any atom is -0.448 e. The van der Waals surface area contributed by atoms with E-state index in [1.54, 1.807) is 0 Å². The molecule has 0 N–H and O–H groups in total. The number of ether oxygens (including phenoxy) is 3. The highest BCUT2D eigenvalue weighted by atomic mass is 16.6. The second kappa shape index (κ2) is 6.80. The zero-order valence-corrected chi connectivity index (χ0v) is 14.4. The summed E-state index contributed by atoms with van der Waals surface area (Å²) in [4.78, 5) is 25.5. The van der Waals surface area contributed by atoms with Crippen molar-refractivity contribution < 1.29 is 23.8 Å². The van der Waals surface area contributed by atoms with Crippen LogP contribution in [0.25, 0.3) is 11.1 Å². The van der Waals surface area contributed by atoms with Gasteiger partial charge in [0.05, 0.1) is 6.61 Å². The standard InChI is InChI=1S/C20H19NO5/c1-24-11-18-19(22)26-12-21(18)20(23)25-10-17-15-8-4-2-6-13(15)14-7-3-5-9-16(14)17/h2-9,17-18H,10-12H2,1H3/t18-/m0/s1. The van der Waals surface area contributed by atoms with Gasteiger partial charge in [0.15, 0.2) is 12.8 Å². The van der Waals surface area contributed by atoms with Crippen molar-refractivity contribution in [3.8, 4) is 11.1 Å². The van der Waals surface area contributed by atoms with Crippen LogP contribution in [0.1, 0.15) is 17.0 Å². The second-order valence-corrected chi connectivity index (χ2v) is 6.34. The van der Waals surface area contributed by atoms with E-state index < -0.39 is 18.1 Å². The highest BCUT2D eigenvalue weighted by Crippen LogP contribution is 2.44. The summed E-state index contributed by atoms with van der Waals surface area (Å²) >= 11 is 0. The zero-order valence-electron chi connectivity index (χ0n) is 14.4. The maximum atomic E-state index is 12.5. The Morgan fingerprint density at radius 2 is 1.69 bits per heavy atom. The van der Waals surface area contributed by atoms with Crippen molar-refractivity contribution in [2.45, 2.75) is 12.0 Å². The summed E-state index contributed by atoms with van der Waals surface area (Å²) in [7, 11) is 1.47. The van der Waals surface area contributed by atoms with E-state index in [0.717, 1.165) is 11.1 Å². The minimum absolute atomic E-state index is 0.0218. The molecule has 1 saturated heterocycles. The molecule has 0 bridgehead atoms. The Hall–Kier alpha value is -2.86. The molecule has 1 amide bonds. The number of carbonyl (C=O) groups excluding carboxylic acids is 2. The molecule has 1 heterocycles. The van der Waals surface area contributed by atoms with Crippen molar-refractivity contribution in [2.75, 3.05) is 27.1 Å². The number of fused-ring (bicyclic) bond motifs is 3. The Morgan fingerprint density at radius 3 is 2.31 bits per heavy atom. The van der Waals surface area contributed by atoms with Gasteiger partial charge in [-0.15, -0.1) is 0 Å². The number of methoxy groups -OCH3 is 1. The SMILES string of the molecule is COC[C@H]1C(=O)OCN1C(=O)OCC1c2ccccc2-c2ccccc21. The summed E-state index contributed by atoms with van der Waals surface area (Å²) in [5, 5.41) is 0. The molecule has 2 aromatic rings. The average Bonchev–Trinajstić information content (AvgIpc) is 3.19. The molecule has 0 spiro atoms. The summed E-state index contributed by atoms with van der Waals surface area (Å²) in [5.41, 5.74) is 4.62. The molecule has 4 rings (SSSR count). The smallest absolute Gasteiger partial charge is 0.413 e. The molecule has 1 fully saturated rings. The molecule has 1 aliphatic heterocycles. The molecular formula is C20H19NO5. The van der Waals surface area contributed by atoms with Gasteiger partial charge in [-0.2, -0.15) is 0 Å². The molecule has 6 nitrogen and oxygen atoms in total. The van der Waals surface area contributed by atoms with Crippen LogP contribution < -0.4 is 0 Å². The third kappa shape index (κ3) is 2.72. The third-order valence-electron chi connectivity index (χ3n) is 4.89. The van der Waals surface area contributed by atoms with Crippen LogP contribution in [0.15, 0.2) is 48.5 Å². The number of carbonyl (C=O) groups is 2. The van der Waals surface area contributed by atoms with E-state index in [2.05, 4.69) is 24.3 Å². The maximum absolute atomic E-state index is 12.5. The summed E-state index contributed by atoms with van der Waals surface area (Å²) in [5.74, 6) is -0.494. The molecule has 0 aromatic heterocycles. The first kappa shape index (κ1) is 16.6. The minimum atomic E-state index is -0.754. The first-order valence-electron chi connectivity index (χ1n) is 8.48. The lowest BCUT2D eigenvalue weighted by molar-refractivity contribution is -0.140. The molecule has 0 saturated carbocycles. The number of esters is 1. The molecule has 1 atom stereocenters. The fourth-order valence-electron chi connectivity index (χ4n) is 3.62. The largest absolute Gasteiger partial charge is 0.448 e. The van der Waals surface area contributed by atoms with Crippen LogP contribution in [-0.4, -0.2) is 50.1 Å². The summed E-state index contributed by atoms with van der Waals surface area (Å²) in [6.07, 6.45) is -0.570. The van der Waals surface area contributed by atoms with Crippen LogP contribution in [0.4, 0.5) is 4.79 Å². The molecule has 6 heteroatoms. The van der Waals surface area contributed by atoms with Gasteiger partial charge in [-0.1, -0.05) is 48.5 Å². The van der Waals surface area contributed by atoms with Gasteiger partial charge in [0.2, 0.25) is 0 Å². The number of hydrogen-bond acceptors (Lipinski definition) is 5. The predicted molar refractivity (Wildman–Crippen MR) is 93.5 cm³/mol. The normalized spacial score (nSPS) is 18.4. The van der Waals surface area contributed by atoms with Crippen molar-refractivity contribution in [1.82, 2.24) is 4.90 Å². The third-order valence-corrected chi connectivity index (χ3v) is 4.89. The van der Waals surface area contributed by atoms with Crippen LogP contribution in [0.3, 0.4) is 0 Å². The van der Waals surface area contributed by atoms with Gasteiger partial charge in [0.1, 0.15) is 6.61 Å². The van der Waals surface area contributed by atoms with Crippen LogP contribution >= 0.6 is 0 Å². The Balaban J connectivity index is 1.51. The van der Waals surface area contributed by atoms with E-state index in [1.165, 1.54) is 23.1 Å². The second-order valence-electron chi connectivity index (χ2n) is 6.34. The monoisotopic (exact) mass is 353 g/mol. The predicted octanol–water partition coefficient (Wildman–Crippen LogP) is 2.77. The van der Waals surface area contributed by atoms with Gasteiger partial charge in [-0.25, -0.2) is 9.59 Å². The van der Waals surface area contributed by atoms with E-state index in [-0.39, 0.29) is 25.9 Å². The maximum Gasteiger partial charge on any atom is 0.413 e. The summed E-state index contributed by atoms with van der Waals surface area (Å²) in [6, 6.07) is 15.5. The van der Waals surface area contributed by atoms with E-state index in [9.17, 15) is 9.59 Å². The lowest BCUT2D eigenvalue weighted by Gasteiger charge is -2.21. The number of rotatable bonds is 4. The fraction of sp³-hybridized carbons (Fsp3) is 0.300. The van der Waals surface area contributed by atoms with E-state index in [0.29, 0.717) is 0 Å². The number of cyclic esters (lactones) is 1. The van der Waals surface area contributed by atoms with Crippen molar-refractivity contribution in [1.29, 1.82) is 0 Å². The summed E-state index contributed by atoms with van der Waals surface area (Å²) in [6.45, 7) is 0.184. The number of nitrogens with zero attached hydrogens (tertiary/aromatic N) is 1. The van der Waals surface area contributed by atoms with E-state index in [1.807, 2.05) is 24.3 Å². The van der Waals surface area contributed by atoms with Crippen LogP contribution in [0, 0.1) is 0 Å². The van der Waals surface area contributed by atoms with Gasteiger partial charge in [-0.05, 0) is 22.3 Å². The van der Waals surface area contributed by atoms with Gasteiger partial charge >= 0.3 is 12.1 Å². The molecule has 2 aromatic carbocycles. The lowest BCUT2D eigenvalue weighted by atomic mass is 9.98. The molecular weight excluding hydrogens is 334 g/mol. The number of amides is 1. The highest BCUT2D eigenvalue weighted by Gasteiger charge is 2.39. The quantitative estimate of drug-likeness (QED) is 0.791. The molecule has 0 radical (unpaired) electrons.